The molecule has 0 saturated carbocycles. The summed E-state index contributed by atoms with van der Waals surface area (Å²) in [6, 6.07) is 8.81. The number of hydrogen-bond donors (Lipinski definition) is 1. The van der Waals surface area contributed by atoms with Crippen LogP contribution in [0.25, 0.3) is 0 Å². The molecule has 0 bridgehead atoms. The summed E-state index contributed by atoms with van der Waals surface area (Å²) in [4.78, 5) is 2.53. The van der Waals surface area contributed by atoms with Gasteiger partial charge in [-0.3, -0.25) is 4.90 Å². The minimum atomic E-state index is 0.851. The maximum absolute atomic E-state index is 5.03. The zero-order valence-electron chi connectivity index (χ0n) is 11.3. The van der Waals surface area contributed by atoms with Crippen LogP contribution < -0.4 is 5.32 Å². The van der Waals surface area contributed by atoms with Gasteiger partial charge in [0.05, 0.1) is 0 Å². The number of ether oxygens (including phenoxy) is 1. The molecule has 0 fully saturated rings. The van der Waals surface area contributed by atoms with Gasteiger partial charge < -0.3 is 10.1 Å². The van der Waals surface area contributed by atoms with Gasteiger partial charge in [-0.15, -0.1) is 0 Å². The molecule has 100 valence electrons. The highest BCUT2D eigenvalue weighted by atomic mass is 16.5. The van der Waals surface area contributed by atoms with Crippen molar-refractivity contribution in [1.82, 2.24) is 10.2 Å². The number of rotatable bonds is 7. The lowest BCUT2D eigenvalue weighted by molar-refractivity contribution is 0.193. The van der Waals surface area contributed by atoms with Crippen LogP contribution in [0.3, 0.4) is 0 Å². The van der Waals surface area contributed by atoms with Gasteiger partial charge in [-0.25, -0.2) is 0 Å². The van der Waals surface area contributed by atoms with E-state index in [-0.39, 0.29) is 0 Å². The third kappa shape index (κ3) is 4.09. The molecular formula is C15H24N2O. The number of methoxy groups -OCH3 is 1. The predicted octanol–water partition coefficient (Wildman–Crippen LogP) is 1.67. The van der Waals surface area contributed by atoms with E-state index < -0.39 is 0 Å². The first-order valence-corrected chi connectivity index (χ1v) is 6.89. The lowest BCUT2D eigenvalue weighted by atomic mass is 10.00. The van der Waals surface area contributed by atoms with E-state index in [0.717, 1.165) is 39.2 Å². The van der Waals surface area contributed by atoms with Crippen molar-refractivity contribution in [1.29, 1.82) is 0 Å². The molecule has 1 aromatic rings. The maximum Gasteiger partial charge on any atom is 0.0474 e. The standard InChI is InChI=1S/C15H24N2O/c1-18-12-4-8-16-9-11-17-10-7-14-5-2-3-6-15(14)13-17/h2-3,5-6,16H,4,7-13H2,1H3. The second-order valence-electron chi connectivity index (χ2n) is 4.89. The summed E-state index contributed by atoms with van der Waals surface area (Å²) in [6.45, 7) is 6.42. The number of fused-ring (bicyclic) bond motifs is 1. The fourth-order valence-electron chi connectivity index (χ4n) is 2.45. The molecule has 3 heteroatoms. The van der Waals surface area contributed by atoms with Crippen molar-refractivity contribution in [3.05, 3.63) is 35.4 Å². The predicted molar refractivity (Wildman–Crippen MR) is 74.8 cm³/mol. The summed E-state index contributed by atoms with van der Waals surface area (Å²) in [5.41, 5.74) is 3.03. The van der Waals surface area contributed by atoms with Crippen LogP contribution in [0.5, 0.6) is 0 Å². The van der Waals surface area contributed by atoms with Gasteiger partial charge in [0.1, 0.15) is 0 Å². The molecule has 0 amide bonds. The highest BCUT2D eigenvalue weighted by Gasteiger charge is 2.14. The number of nitrogens with zero attached hydrogens (tertiary/aromatic N) is 1. The SMILES string of the molecule is COCCCNCCN1CCc2ccccc2C1. The van der Waals surface area contributed by atoms with E-state index >= 15 is 0 Å². The molecule has 0 atom stereocenters. The van der Waals surface area contributed by atoms with Gasteiger partial charge in [0.15, 0.2) is 0 Å². The van der Waals surface area contributed by atoms with Gasteiger partial charge >= 0.3 is 0 Å². The number of benzene rings is 1. The van der Waals surface area contributed by atoms with Gasteiger partial charge in [0.2, 0.25) is 0 Å². The van der Waals surface area contributed by atoms with E-state index in [1.165, 1.54) is 24.1 Å². The molecule has 18 heavy (non-hydrogen) atoms. The van der Waals surface area contributed by atoms with Crippen molar-refractivity contribution in [3.8, 4) is 0 Å². The number of nitrogens with one attached hydrogen (secondary N) is 1. The minimum absolute atomic E-state index is 0.851. The quantitative estimate of drug-likeness (QED) is 0.743. The van der Waals surface area contributed by atoms with Crippen LogP contribution in [0.4, 0.5) is 0 Å². The number of hydrogen-bond acceptors (Lipinski definition) is 3. The Balaban J connectivity index is 1.64. The van der Waals surface area contributed by atoms with E-state index in [9.17, 15) is 0 Å². The Labute approximate surface area is 110 Å². The van der Waals surface area contributed by atoms with Crippen LogP contribution >= 0.6 is 0 Å². The van der Waals surface area contributed by atoms with Crippen LogP contribution in [-0.4, -0.2) is 44.8 Å². The summed E-state index contributed by atoms with van der Waals surface area (Å²) in [7, 11) is 1.76. The second kappa shape index (κ2) is 7.52. The Hall–Kier alpha value is -0.900. The summed E-state index contributed by atoms with van der Waals surface area (Å²) >= 11 is 0. The summed E-state index contributed by atoms with van der Waals surface area (Å²) in [5.74, 6) is 0. The van der Waals surface area contributed by atoms with Crippen LogP contribution in [-0.2, 0) is 17.7 Å². The van der Waals surface area contributed by atoms with Gasteiger partial charge in [0, 0.05) is 39.9 Å². The smallest absolute Gasteiger partial charge is 0.0474 e. The van der Waals surface area contributed by atoms with Crippen LogP contribution in [0.15, 0.2) is 24.3 Å². The first kappa shape index (κ1) is 13.5. The molecule has 0 aliphatic carbocycles. The first-order chi connectivity index (χ1) is 8.90. The summed E-state index contributed by atoms with van der Waals surface area (Å²) in [5, 5.41) is 3.47. The Kier molecular flexibility index (Phi) is 5.65. The van der Waals surface area contributed by atoms with E-state index in [0.29, 0.717) is 0 Å². The van der Waals surface area contributed by atoms with E-state index in [2.05, 4.69) is 34.5 Å². The van der Waals surface area contributed by atoms with Gasteiger partial charge in [-0.2, -0.15) is 0 Å². The van der Waals surface area contributed by atoms with Crippen molar-refractivity contribution in [2.45, 2.75) is 19.4 Å². The summed E-state index contributed by atoms with van der Waals surface area (Å²) < 4.78 is 5.03. The Bertz CT molecular complexity index is 354. The highest BCUT2D eigenvalue weighted by molar-refractivity contribution is 5.28. The third-order valence-electron chi connectivity index (χ3n) is 3.52. The average molecular weight is 248 g/mol. The first-order valence-electron chi connectivity index (χ1n) is 6.89. The molecule has 0 radical (unpaired) electrons. The maximum atomic E-state index is 5.03. The molecule has 0 spiro atoms. The van der Waals surface area contributed by atoms with Crippen molar-refractivity contribution in [3.63, 3.8) is 0 Å². The molecule has 1 aliphatic rings. The third-order valence-corrected chi connectivity index (χ3v) is 3.52. The van der Waals surface area contributed by atoms with Gasteiger partial charge in [0.25, 0.3) is 0 Å². The lowest BCUT2D eigenvalue weighted by Gasteiger charge is -2.28. The molecule has 1 N–H and O–H groups in total. The van der Waals surface area contributed by atoms with Gasteiger partial charge in [-0.05, 0) is 30.5 Å². The largest absolute Gasteiger partial charge is 0.385 e. The molecule has 2 rings (SSSR count). The van der Waals surface area contributed by atoms with Crippen molar-refractivity contribution >= 4 is 0 Å². The zero-order chi connectivity index (χ0) is 12.6. The second-order valence-corrected chi connectivity index (χ2v) is 4.89. The Morgan fingerprint density at radius 1 is 1.22 bits per heavy atom. The highest BCUT2D eigenvalue weighted by Crippen LogP contribution is 2.17. The molecule has 1 heterocycles. The molecule has 1 aliphatic heterocycles. The monoisotopic (exact) mass is 248 g/mol. The van der Waals surface area contributed by atoms with Crippen molar-refractivity contribution in [2.75, 3.05) is 39.9 Å². The van der Waals surface area contributed by atoms with Crippen LogP contribution in [0, 0.1) is 0 Å². The molecule has 0 aromatic heterocycles. The lowest BCUT2D eigenvalue weighted by Crippen LogP contribution is -2.36. The Morgan fingerprint density at radius 2 is 2.06 bits per heavy atom. The topological polar surface area (TPSA) is 24.5 Å². The van der Waals surface area contributed by atoms with E-state index in [1.807, 2.05) is 0 Å². The molecule has 3 nitrogen and oxygen atoms in total. The average Bonchev–Trinajstić information content (AvgIpc) is 2.42. The minimum Gasteiger partial charge on any atom is -0.385 e. The fraction of sp³-hybridized carbons (Fsp3) is 0.600. The molecule has 0 unspecified atom stereocenters. The molecule has 1 aromatic carbocycles. The molecule has 0 saturated heterocycles. The van der Waals surface area contributed by atoms with E-state index in [4.69, 9.17) is 4.74 Å². The van der Waals surface area contributed by atoms with Gasteiger partial charge in [-0.1, -0.05) is 24.3 Å². The van der Waals surface area contributed by atoms with Crippen LogP contribution in [0.2, 0.25) is 0 Å². The zero-order valence-corrected chi connectivity index (χ0v) is 11.3. The molecular weight excluding hydrogens is 224 g/mol. The van der Waals surface area contributed by atoms with Crippen molar-refractivity contribution in [2.24, 2.45) is 0 Å². The van der Waals surface area contributed by atoms with E-state index in [1.54, 1.807) is 7.11 Å². The normalized spacial score (nSPS) is 15.6. The van der Waals surface area contributed by atoms with Crippen molar-refractivity contribution < 1.29 is 4.74 Å². The van der Waals surface area contributed by atoms with Crippen LogP contribution in [0.1, 0.15) is 17.5 Å². The Morgan fingerprint density at radius 3 is 2.89 bits per heavy atom. The summed E-state index contributed by atoms with van der Waals surface area (Å²) in [6.07, 6.45) is 2.29. The fourth-order valence-corrected chi connectivity index (χ4v) is 2.45.